The molecule has 114 valence electrons. The van der Waals surface area contributed by atoms with Crippen LogP contribution in [-0.2, 0) is 14.8 Å². The van der Waals surface area contributed by atoms with Gasteiger partial charge in [0.05, 0.1) is 12.1 Å². The predicted octanol–water partition coefficient (Wildman–Crippen LogP) is 0.832. The SMILES string of the molecule is CNc1nc2ccccn2c1S(=O)(=O)NC1CCOC1C. The van der Waals surface area contributed by atoms with Gasteiger partial charge in [-0.25, -0.2) is 18.1 Å². The highest BCUT2D eigenvalue weighted by Crippen LogP contribution is 2.24. The van der Waals surface area contributed by atoms with E-state index < -0.39 is 10.0 Å². The molecule has 0 radical (unpaired) electrons. The normalized spacial score (nSPS) is 22.8. The Bertz CT molecular complexity index is 756. The van der Waals surface area contributed by atoms with Crippen LogP contribution in [-0.4, -0.2) is 43.6 Å². The zero-order valence-corrected chi connectivity index (χ0v) is 12.7. The maximum Gasteiger partial charge on any atom is 0.260 e. The molecule has 2 N–H and O–H groups in total. The molecule has 1 saturated heterocycles. The second-order valence-corrected chi connectivity index (χ2v) is 6.67. The lowest BCUT2D eigenvalue weighted by molar-refractivity contribution is 0.117. The fraction of sp³-hybridized carbons (Fsp3) is 0.462. The van der Waals surface area contributed by atoms with Crippen molar-refractivity contribution in [1.29, 1.82) is 0 Å². The number of fused-ring (bicyclic) bond motifs is 1. The third kappa shape index (κ3) is 2.50. The van der Waals surface area contributed by atoms with E-state index in [9.17, 15) is 8.42 Å². The van der Waals surface area contributed by atoms with Crippen LogP contribution in [0.5, 0.6) is 0 Å². The molecule has 3 heterocycles. The lowest BCUT2D eigenvalue weighted by atomic mass is 10.2. The summed E-state index contributed by atoms with van der Waals surface area (Å²) in [6.45, 7) is 2.44. The standard InChI is InChI=1S/C13H18N4O3S/c1-9-10(6-8-20-9)16-21(18,19)13-12(14-2)15-11-5-3-4-7-17(11)13/h3-5,7,9-10,14,16H,6,8H2,1-2H3. The summed E-state index contributed by atoms with van der Waals surface area (Å²) in [6, 6.07) is 5.14. The molecule has 0 bridgehead atoms. The molecule has 1 aliphatic heterocycles. The number of pyridine rings is 1. The Balaban J connectivity index is 2.05. The van der Waals surface area contributed by atoms with E-state index in [-0.39, 0.29) is 17.2 Å². The number of nitrogens with zero attached hydrogens (tertiary/aromatic N) is 2. The molecule has 3 rings (SSSR count). The van der Waals surface area contributed by atoms with Gasteiger partial charge < -0.3 is 10.1 Å². The summed E-state index contributed by atoms with van der Waals surface area (Å²) in [4.78, 5) is 4.29. The number of anilines is 1. The third-order valence-corrected chi connectivity index (χ3v) is 5.17. The van der Waals surface area contributed by atoms with E-state index in [0.29, 0.717) is 24.5 Å². The van der Waals surface area contributed by atoms with E-state index in [1.165, 1.54) is 0 Å². The van der Waals surface area contributed by atoms with E-state index in [0.717, 1.165) is 0 Å². The van der Waals surface area contributed by atoms with Crippen LogP contribution in [0.2, 0.25) is 0 Å². The first kappa shape index (κ1) is 14.3. The molecule has 0 aliphatic carbocycles. The molecular formula is C13H18N4O3S. The zero-order chi connectivity index (χ0) is 15.0. The number of imidazole rings is 1. The molecule has 2 aromatic heterocycles. The van der Waals surface area contributed by atoms with Crippen LogP contribution in [0.3, 0.4) is 0 Å². The van der Waals surface area contributed by atoms with Gasteiger partial charge in [0.2, 0.25) is 0 Å². The molecule has 21 heavy (non-hydrogen) atoms. The first-order valence-electron chi connectivity index (χ1n) is 6.81. The maximum absolute atomic E-state index is 12.7. The van der Waals surface area contributed by atoms with Crippen LogP contribution in [0, 0.1) is 0 Å². The minimum absolute atomic E-state index is 0.125. The van der Waals surface area contributed by atoms with Crippen LogP contribution in [0.4, 0.5) is 5.82 Å². The van der Waals surface area contributed by atoms with Gasteiger partial charge in [0, 0.05) is 19.9 Å². The van der Waals surface area contributed by atoms with Gasteiger partial charge in [-0.3, -0.25) is 4.40 Å². The second kappa shape index (κ2) is 5.28. The van der Waals surface area contributed by atoms with E-state index in [1.54, 1.807) is 29.8 Å². The number of rotatable bonds is 4. The monoisotopic (exact) mass is 310 g/mol. The summed E-state index contributed by atoms with van der Waals surface area (Å²) < 4.78 is 35.1. The summed E-state index contributed by atoms with van der Waals surface area (Å²) >= 11 is 0. The van der Waals surface area contributed by atoms with E-state index in [4.69, 9.17) is 4.74 Å². The van der Waals surface area contributed by atoms with E-state index in [2.05, 4.69) is 15.0 Å². The zero-order valence-electron chi connectivity index (χ0n) is 11.9. The maximum atomic E-state index is 12.7. The van der Waals surface area contributed by atoms with Gasteiger partial charge in [0.1, 0.15) is 5.65 Å². The molecule has 8 heteroatoms. The minimum Gasteiger partial charge on any atom is -0.377 e. The third-order valence-electron chi connectivity index (χ3n) is 3.66. The molecule has 0 spiro atoms. The van der Waals surface area contributed by atoms with Crippen LogP contribution in [0.25, 0.3) is 5.65 Å². The number of sulfonamides is 1. The summed E-state index contributed by atoms with van der Waals surface area (Å²) in [5.41, 5.74) is 0.581. The first-order valence-corrected chi connectivity index (χ1v) is 8.30. The molecule has 2 unspecified atom stereocenters. The average Bonchev–Trinajstić information content (AvgIpc) is 3.02. The highest BCUT2D eigenvalue weighted by Gasteiger charge is 2.32. The Morgan fingerprint density at radius 1 is 1.43 bits per heavy atom. The quantitative estimate of drug-likeness (QED) is 0.874. The van der Waals surface area contributed by atoms with Crippen molar-refractivity contribution in [1.82, 2.24) is 14.1 Å². The molecule has 7 nitrogen and oxygen atoms in total. The van der Waals surface area contributed by atoms with Crippen molar-refractivity contribution in [2.45, 2.75) is 30.5 Å². The molecule has 1 fully saturated rings. The number of hydrogen-bond donors (Lipinski definition) is 2. The smallest absolute Gasteiger partial charge is 0.260 e. The Morgan fingerprint density at radius 3 is 2.90 bits per heavy atom. The summed E-state index contributed by atoms with van der Waals surface area (Å²) in [6.07, 6.45) is 2.23. The highest BCUT2D eigenvalue weighted by atomic mass is 32.2. The van der Waals surface area contributed by atoms with Crippen molar-refractivity contribution < 1.29 is 13.2 Å². The summed E-state index contributed by atoms with van der Waals surface area (Å²) in [5, 5.41) is 2.97. The minimum atomic E-state index is -3.69. The van der Waals surface area contributed by atoms with Gasteiger partial charge in [-0.1, -0.05) is 6.07 Å². The second-order valence-electron chi connectivity index (χ2n) is 5.04. The largest absolute Gasteiger partial charge is 0.377 e. The van der Waals surface area contributed by atoms with E-state index in [1.807, 2.05) is 13.0 Å². The molecule has 1 aliphatic rings. The highest BCUT2D eigenvalue weighted by molar-refractivity contribution is 7.89. The van der Waals surface area contributed by atoms with Crippen LogP contribution < -0.4 is 10.0 Å². The topological polar surface area (TPSA) is 84.7 Å². The number of aromatic nitrogens is 2. The van der Waals surface area contributed by atoms with Gasteiger partial charge in [0.25, 0.3) is 10.0 Å². The van der Waals surface area contributed by atoms with Gasteiger partial charge >= 0.3 is 0 Å². The van der Waals surface area contributed by atoms with Crippen molar-refractivity contribution in [2.75, 3.05) is 19.0 Å². The van der Waals surface area contributed by atoms with Gasteiger partial charge in [-0.05, 0) is 25.5 Å². The Morgan fingerprint density at radius 2 is 2.24 bits per heavy atom. The van der Waals surface area contributed by atoms with Gasteiger partial charge in [-0.15, -0.1) is 0 Å². The van der Waals surface area contributed by atoms with Gasteiger partial charge in [-0.2, -0.15) is 0 Å². The predicted molar refractivity (Wildman–Crippen MR) is 78.9 cm³/mol. The van der Waals surface area contributed by atoms with Crippen LogP contribution in [0.15, 0.2) is 29.4 Å². The fourth-order valence-electron chi connectivity index (χ4n) is 2.53. The molecule has 0 saturated carbocycles. The molecule has 0 amide bonds. The lowest BCUT2D eigenvalue weighted by Gasteiger charge is -2.16. The molecule has 2 aromatic rings. The molecule has 0 aromatic carbocycles. The summed E-state index contributed by atoms with van der Waals surface area (Å²) in [7, 11) is -2.04. The summed E-state index contributed by atoms with van der Waals surface area (Å²) in [5.74, 6) is 0.334. The Labute approximate surface area is 123 Å². The van der Waals surface area contributed by atoms with E-state index >= 15 is 0 Å². The Kier molecular flexibility index (Phi) is 3.60. The van der Waals surface area contributed by atoms with Crippen molar-refractivity contribution in [3.8, 4) is 0 Å². The molecule has 2 atom stereocenters. The number of hydrogen-bond acceptors (Lipinski definition) is 5. The fourth-order valence-corrected chi connectivity index (χ4v) is 4.17. The first-order chi connectivity index (χ1) is 10.0. The lowest BCUT2D eigenvalue weighted by Crippen LogP contribution is -2.39. The van der Waals surface area contributed by atoms with Crippen molar-refractivity contribution >= 4 is 21.5 Å². The van der Waals surface area contributed by atoms with Crippen LogP contribution >= 0.6 is 0 Å². The average molecular weight is 310 g/mol. The van der Waals surface area contributed by atoms with Crippen LogP contribution in [0.1, 0.15) is 13.3 Å². The van der Waals surface area contributed by atoms with Gasteiger partial charge in [0.15, 0.2) is 10.8 Å². The van der Waals surface area contributed by atoms with Crippen molar-refractivity contribution in [2.24, 2.45) is 0 Å². The Hall–Kier alpha value is -1.64. The van der Waals surface area contributed by atoms with Crippen molar-refractivity contribution in [3.05, 3.63) is 24.4 Å². The van der Waals surface area contributed by atoms with Crippen molar-refractivity contribution in [3.63, 3.8) is 0 Å². The number of nitrogens with one attached hydrogen (secondary N) is 2. The number of ether oxygens (including phenoxy) is 1. The molecular weight excluding hydrogens is 292 g/mol.